The summed E-state index contributed by atoms with van der Waals surface area (Å²) in [5.41, 5.74) is 7.02. The van der Waals surface area contributed by atoms with Crippen LogP contribution in [0.25, 0.3) is 0 Å². The quantitative estimate of drug-likeness (QED) is 0.874. The molecule has 0 saturated carbocycles. The fraction of sp³-hybridized carbons (Fsp3) is 0.125. The Morgan fingerprint density at radius 2 is 1.73 bits per heavy atom. The minimum absolute atomic E-state index is 0.141. The molecule has 0 fully saturated rings. The average Bonchev–Trinajstić information content (AvgIpc) is 2.47. The van der Waals surface area contributed by atoms with Gasteiger partial charge >= 0.3 is 0 Å². The maximum Gasteiger partial charge on any atom is 0.248 e. The zero-order valence-corrected chi connectivity index (χ0v) is 13.1. The Balaban J connectivity index is 1.91. The number of primary amides is 1. The van der Waals surface area contributed by atoms with Gasteiger partial charge in [-0.25, -0.2) is 0 Å². The monoisotopic (exact) mass is 336 g/mol. The predicted octanol–water partition coefficient (Wildman–Crippen LogP) is 3.66. The van der Waals surface area contributed by atoms with Crippen LogP contribution >= 0.6 is 23.2 Å². The number of aryl methyl sites for hydroxylation is 1. The largest absolute Gasteiger partial charge is 0.366 e. The Labute approximate surface area is 138 Å². The van der Waals surface area contributed by atoms with Crippen LogP contribution in [0.4, 0.5) is 5.69 Å². The van der Waals surface area contributed by atoms with Gasteiger partial charge in [-0.05, 0) is 48.4 Å². The number of carbonyl (C=O) groups excluding carboxylic acids is 2. The van der Waals surface area contributed by atoms with Gasteiger partial charge in [0.25, 0.3) is 0 Å². The van der Waals surface area contributed by atoms with Gasteiger partial charge in [0.1, 0.15) is 0 Å². The van der Waals surface area contributed by atoms with Crippen LogP contribution in [-0.4, -0.2) is 11.8 Å². The Bertz CT molecular complexity index is 700. The van der Waals surface area contributed by atoms with E-state index in [1.807, 2.05) is 0 Å². The molecule has 0 spiro atoms. The number of amides is 2. The summed E-state index contributed by atoms with van der Waals surface area (Å²) < 4.78 is 0. The highest BCUT2D eigenvalue weighted by molar-refractivity contribution is 6.35. The summed E-state index contributed by atoms with van der Waals surface area (Å²) in [6.45, 7) is 0. The lowest BCUT2D eigenvalue weighted by atomic mass is 10.1. The van der Waals surface area contributed by atoms with Crippen molar-refractivity contribution in [3.05, 3.63) is 63.6 Å². The topological polar surface area (TPSA) is 72.2 Å². The molecule has 6 heteroatoms. The molecule has 0 unspecified atom stereocenters. The first-order valence-electron chi connectivity index (χ1n) is 6.59. The van der Waals surface area contributed by atoms with Gasteiger partial charge in [-0.2, -0.15) is 0 Å². The summed E-state index contributed by atoms with van der Waals surface area (Å²) in [5, 5.41) is 3.86. The predicted molar refractivity (Wildman–Crippen MR) is 88.4 cm³/mol. The van der Waals surface area contributed by atoms with Crippen molar-refractivity contribution in [2.24, 2.45) is 5.73 Å². The maximum atomic E-state index is 11.9. The first kappa shape index (κ1) is 16.3. The van der Waals surface area contributed by atoms with Crippen LogP contribution < -0.4 is 11.1 Å². The van der Waals surface area contributed by atoms with Crippen molar-refractivity contribution < 1.29 is 9.59 Å². The van der Waals surface area contributed by atoms with Crippen molar-refractivity contribution in [1.82, 2.24) is 0 Å². The molecule has 4 nitrogen and oxygen atoms in total. The van der Waals surface area contributed by atoms with Crippen LogP contribution in [0.15, 0.2) is 42.5 Å². The molecule has 0 aliphatic heterocycles. The molecule has 0 radical (unpaired) electrons. The molecule has 3 N–H and O–H groups in total. The molecule has 0 aliphatic rings. The Morgan fingerprint density at radius 3 is 2.32 bits per heavy atom. The number of carbonyl (C=O) groups is 2. The summed E-state index contributed by atoms with van der Waals surface area (Å²) in [7, 11) is 0. The summed E-state index contributed by atoms with van der Waals surface area (Å²) in [4.78, 5) is 22.9. The molecule has 0 atom stereocenters. The molecule has 0 aliphatic carbocycles. The molecule has 2 rings (SSSR count). The number of halogens is 2. The van der Waals surface area contributed by atoms with E-state index in [0.717, 1.165) is 5.56 Å². The van der Waals surface area contributed by atoms with E-state index in [-0.39, 0.29) is 5.91 Å². The molecule has 0 heterocycles. The molecule has 0 aromatic heterocycles. The molecule has 2 aromatic rings. The molecule has 2 aromatic carbocycles. The van der Waals surface area contributed by atoms with Crippen LogP contribution in [0.1, 0.15) is 22.3 Å². The third-order valence-corrected chi connectivity index (χ3v) is 3.68. The lowest BCUT2D eigenvalue weighted by Crippen LogP contribution is -2.13. The fourth-order valence-corrected chi connectivity index (χ4v) is 2.42. The van der Waals surface area contributed by atoms with Crippen LogP contribution in [0.2, 0.25) is 10.0 Å². The zero-order valence-electron chi connectivity index (χ0n) is 11.6. The Morgan fingerprint density at radius 1 is 1.05 bits per heavy atom. The fourth-order valence-electron chi connectivity index (χ4n) is 1.91. The highest BCUT2D eigenvalue weighted by Gasteiger charge is 2.07. The smallest absolute Gasteiger partial charge is 0.248 e. The van der Waals surface area contributed by atoms with Crippen LogP contribution in [0.5, 0.6) is 0 Å². The van der Waals surface area contributed by atoms with Gasteiger partial charge in [0.15, 0.2) is 0 Å². The van der Waals surface area contributed by atoms with E-state index in [2.05, 4.69) is 5.32 Å². The number of hydrogen-bond acceptors (Lipinski definition) is 2. The number of anilines is 1. The van der Waals surface area contributed by atoms with Crippen LogP contribution in [0, 0.1) is 0 Å². The first-order valence-corrected chi connectivity index (χ1v) is 7.35. The summed E-state index contributed by atoms with van der Waals surface area (Å²) in [5.74, 6) is -0.645. The number of nitrogens with two attached hydrogens (primary N) is 1. The van der Waals surface area contributed by atoms with Crippen molar-refractivity contribution in [3.63, 3.8) is 0 Å². The minimum atomic E-state index is -0.504. The van der Waals surface area contributed by atoms with E-state index in [9.17, 15) is 9.59 Å². The molecule has 22 heavy (non-hydrogen) atoms. The normalized spacial score (nSPS) is 10.3. The highest BCUT2D eigenvalue weighted by Crippen LogP contribution is 2.22. The van der Waals surface area contributed by atoms with Crippen molar-refractivity contribution in [2.45, 2.75) is 12.8 Å². The summed E-state index contributed by atoms with van der Waals surface area (Å²) >= 11 is 11.9. The Hall–Kier alpha value is -2.04. The van der Waals surface area contributed by atoms with E-state index < -0.39 is 5.91 Å². The maximum absolute atomic E-state index is 11.9. The number of nitrogens with one attached hydrogen (secondary N) is 1. The molecule has 0 bridgehead atoms. The molecule has 2 amide bonds. The lowest BCUT2D eigenvalue weighted by Gasteiger charge is -2.07. The van der Waals surface area contributed by atoms with Gasteiger partial charge in [-0.3, -0.25) is 9.59 Å². The standard InChI is InChI=1S/C16H14Cl2N2O2/c17-12-5-1-10(14(18)9-12)4-8-15(21)20-13-6-2-11(3-7-13)16(19)22/h1-3,5-7,9H,4,8H2,(H2,19,22)(H,20,21). The van der Waals surface area contributed by atoms with E-state index in [4.69, 9.17) is 28.9 Å². The third kappa shape index (κ3) is 4.48. The number of hydrogen-bond donors (Lipinski definition) is 2. The van der Waals surface area contributed by atoms with Gasteiger partial charge < -0.3 is 11.1 Å². The van der Waals surface area contributed by atoms with E-state index in [1.165, 1.54) is 0 Å². The molecular formula is C16H14Cl2N2O2. The second-order valence-corrected chi connectivity index (χ2v) is 5.57. The van der Waals surface area contributed by atoms with Gasteiger partial charge in [0.2, 0.25) is 11.8 Å². The van der Waals surface area contributed by atoms with Crippen LogP contribution in [0.3, 0.4) is 0 Å². The third-order valence-electron chi connectivity index (χ3n) is 3.09. The SMILES string of the molecule is NC(=O)c1ccc(NC(=O)CCc2ccc(Cl)cc2Cl)cc1. The van der Waals surface area contributed by atoms with Crippen molar-refractivity contribution in [3.8, 4) is 0 Å². The minimum Gasteiger partial charge on any atom is -0.366 e. The van der Waals surface area contributed by atoms with Gasteiger partial charge in [-0.15, -0.1) is 0 Å². The highest BCUT2D eigenvalue weighted by atomic mass is 35.5. The van der Waals surface area contributed by atoms with E-state index in [0.29, 0.717) is 34.1 Å². The zero-order chi connectivity index (χ0) is 16.1. The average molecular weight is 337 g/mol. The Kier molecular flexibility index (Phi) is 5.41. The van der Waals surface area contributed by atoms with E-state index in [1.54, 1.807) is 42.5 Å². The van der Waals surface area contributed by atoms with E-state index >= 15 is 0 Å². The molecule has 0 saturated heterocycles. The second-order valence-electron chi connectivity index (χ2n) is 4.73. The first-order chi connectivity index (χ1) is 10.5. The molecule has 114 valence electrons. The van der Waals surface area contributed by atoms with Crippen LogP contribution in [-0.2, 0) is 11.2 Å². The number of benzene rings is 2. The van der Waals surface area contributed by atoms with Gasteiger partial charge in [-0.1, -0.05) is 29.3 Å². The van der Waals surface area contributed by atoms with Crippen molar-refractivity contribution in [1.29, 1.82) is 0 Å². The van der Waals surface area contributed by atoms with Crippen molar-refractivity contribution in [2.75, 3.05) is 5.32 Å². The lowest BCUT2D eigenvalue weighted by molar-refractivity contribution is -0.116. The van der Waals surface area contributed by atoms with Crippen molar-refractivity contribution >= 4 is 40.7 Å². The number of rotatable bonds is 5. The summed E-state index contributed by atoms with van der Waals surface area (Å²) in [6, 6.07) is 11.6. The second kappa shape index (κ2) is 7.29. The summed E-state index contributed by atoms with van der Waals surface area (Å²) in [6.07, 6.45) is 0.806. The molecular weight excluding hydrogens is 323 g/mol. The van der Waals surface area contributed by atoms with Gasteiger partial charge in [0, 0.05) is 27.7 Å². The van der Waals surface area contributed by atoms with Gasteiger partial charge in [0.05, 0.1) is 0 Å².